The Morgan fingerprint density at radius 3 is 2.71 bits per heavy atom. The maximum atomic E-state index is 12.2. The Bertz CT molecular complexity index is 497. The molecule has 1 unspecified atom stereocenters. The maximum Gasteiger partial charge on any atom is 0.573 e. The van der Waals surface area contributed by atoms with Crippen molar-refractivity contribution >= 4 is 18.3 Å². The van der Waals surface area contributed by atoms with Crippen molar-refractivity contribution in [3.63, 3.8) is 0 Å². The van der Waals surface area contributed by atoms with Crippen LogP contribution in [-0.2, 0) is 0 Å². The largest absolute Gasteiger partial charge is 0.573 e. The van der Waals surface area contributed by atoms with Crippen LogP contribution in [0.15, 0.2) is 24.3 Å². The number of carbonyl (C=O) groups excluding carboxylic acids is 1. The molecule has 1 atom stereocenters. The van der Waals surface area contributed by atoms with Crippen LogP contribution in [0, 0.1) is 0 Å². The van der Waals surface area contributed by atoms with E-state index in [2.05, 4.69) is 10.1 Å². The third kappa shape index (κ3) is 4.78. The molecule has 0 saturated carbocycles. The van der Waals surface area contributed by atoms with E-state index in [1.54, 1.807) is 4.90 Å². The standard InChI is InChI=1S/C13H15F3N2O2.ClH/c1-17-10-5-6-18(8-10)12(19)9-3-2-4-11(7-9)20-13(14,15)16;/h2-4,7,10,17H,5-6,8H2,1H3;1H. The van der Waals surface area contributed by atoms with Gasteiger partial charge in [0.05, 0.1) is 0 Å². The van der Waals surface area contributed by atoms with Crippen molar-refractivity contribution in [2.75, 3.05) is 20.1 Å². The smallest absolute Gasteiger partial charge is 0.406 e. The number of hydrogen-bond acceptors (Lipinski definition) is 3. The highest BCUT2D eigenvalue weighted by molar-refractivity contribution is 5.94. The Morgan fingerprint density at radius 1 is 1.43 bits per heavy atom. The number of hydrogen-bond donors (Lipinski definition) is 1. The summed E-state index contributed by atoms with van der Waals surface area (Å²) in [5.41, 5.74) is 0.198. The number of likely N-dealkylation sites (N-methyl/N-ethyl adjacent to an activating group) is 1. The quantitative estimate of drug-likeness (QED) is 0.928. The highest BCUT2D eigenvalue weighted by Crippen LogP contribution is 2.24. The molecule has 2 rings (SSSR count). The molecule has 1 saturated heterocycles. The monoisotopic (exact) mass is 324 g/mol. The normalized spacial score (nSPS) is 18.3. The fraction of sp³-hybridized carbons (Fsp3) is 0.462. The zero-order valence-electron chi connectivity index (χ0n) is 11.3. The van der Waals surface area contributed by atoms with E-state index in [9.17, 15) is 18.0 Å². The van der Waals surface area contributed by atoms with Crippen LogP contribution in [-0.4, -0.2) is 43.3 Å². The van der Waals surface area contributed by atoms with Crippen LogP contribution >= 0.6 is 12.4 Å². The molecule has 4 nitrogen and oxygen atoms in total. The van der Waals surface area contributed by atoms with Gasteiger partial charge in [-0.15, -0.1) is 25.6 Å². The van der Waals surface area contributed by atoms with Gasteiger partial charge in [-0.1, -0.05) is 6.07 Å². The van der Waals surface area contributed by atoms with Gasteiger partial charge in [0.1, 0.15) is 5.75 Å². The van der Waals surface area contributed by atoms with E-state index in [-0.39, 0.29) is 35.7 Å². The number of alkyl halides is 3. The minimum atomic E-state index is -4.76. The molecular weight excluding hydrogens is 309 g/mol. The van der Waals surface area contributed by atoms with E-state index in [4.69, 9.17) is 0 Å². The second kappa shape index (κ2) is 7.00. The first-order chi connectivity index (χ1) is 9.39. The number of carbonyl (C=O) groups is 1. The zero-order chi connectivity index (χ0) is 14.8. The van der Waals surface area contributed by atoms with Gasteiger partial charge in [-0.05, 0) is 31.7 Å². The lowest BCUT2D eigenvalue weighted by molar-refractivity contribution is -0.274. The van der Waals surface area contributed by atoms with Crippen molar-refractivity contribution in [1.29, 1.82) is 0 Å². The van der Waals surface area contributed by atoms with Crippen molar-refractivity contribution in [1.82, 2.24) is 10.2 Å². The molecular formula is C13H16ClF3N2O2. The Morgan fingerprint density at radius 2 is 2.14 bits per heavy atom. The molecule has 0 bridgehead atoms. The lowest BCUT2D eigenvalue weighted by Gasteiger charge is -2.17. The lowest BCUT2D eigenvalue weighted by Crippen LogP contribution is -2.33. The molecule has 0 aliphatic carbocycles. The van der Waals surface area contributed by atoms with Crippen molar-refractivity contribution in [3.8, 4) is 5.75 Å². The molecule has 21 heavy (non-hydrogen) atoms. The fourth-order valence-electron chi connectivity index (χ4n) is 2.19. The van der Waals surface area contributed by atoms with Gasteiger partial charge in [-0.25, -0.2) is 0 Å². The summed E-state index contributed by atoms with van der Waals surface area (Å²) in [6.07, 6.45) is -3.92. The zero-order valence-corrected chi connectivity index (χ0v) is 12.1. The average Bonchev–Trinajstić information content (AvgIpc) is 2.85. The first-order valence-electron chi connectivity index (χ1n) is 6.21. The number of likely N-dealkylation sites (tertiary alicyclic amines) is 1. The Labute approximate surface area is 126 Å². The number of amides is 1. The molecule has 0 spiro atoms. The van der Waals surface area contributed by atoms with E-state index in [1.165, 1.54) is 18.2 Å². The molecule has 0 radical (unpaired) electrons. The summed E-state index contributed by atoms with van der Waals surface area (Å²) in [5, 5.41) is 3.08. The number of nitrogens with one attached hydrogen (secondary N) is 1. The number of rotatable bonds is 3. The molecule has 1 N–H and O–H groups in total. The highest BCUT2D eigenvalue weighted by atomic mass is 35.5. The molecule has 1 aliphatic rings. The third-order valence-corrected chi connectivity index (χ3v) is 3.20. The first-order valence-corrected chi connectivity index (χ1v) is 6.21. The fourth-order valence-corrected chi connectivity index (χ4v) is 2.19. The van der Waals surface area contributed by atoms with Crippen LogP contribution in [0.1, 0.15) is 16.8 Å². The SMILES string of the molecule is CNC1CCN(C(=O)c2cccc(OC(F)(F)F)c2)C1.Cl. The minimum absolute atomic E-state index is 0. The summed E-state index contributed by atoms with van der Waals surface area (Å²) in [6, 6.07) is 5.37. The minimum Gasteiger partial charge on any atom is -0.406 e. The average molecular weight is 325 g/mol. The lowest BCUT2D eigenvalue weighted by atomic mass is 10.2. The van der Waals surface area contributed by atoms with Crippen molar-refractivity contribution in [2.24, 2.45) is 0 Å². The predicted molar refractivity (Wildman–Crippen MR) is 73.7 cm³/mol. The molecule has 1 aliphatic heterocycles. The summed E-state index contributed by atoms with van der Waals surface area (Å²) in [7, 11) is 1.82. The van der Waals surface area contributed by atoms with Crippen molar-refractivity contribution in [2.45, 2.75) is 18.8 Å². The maximum absolute atomic E-state index is 12.2. The summed E-state index contributed by atoms with van der Waals surface area (Å²) in [5.74, 6) is -0.664. The van der Waals surface area contributed by atoms with Crippen LogP contribution in [0.4, 0.5) is 13.2 Å². The first kappa shape index (κ1) is 17.6. The predicted octanol–water partition coefficient (Wildman–Crippen LogP) is 2.44. The van der Waals surface area contributed by atoms with E-state index < -0.39 is 6.36 Å². The van der Waals surface area contributed by atoms with Gasteiger partial charge >= 0.3 is 6.36 Å². The van der Waals surface area contributed by atoms with E-state index >= 15 is 0 Å². The molecule has 118 valence electrons. The second-order valence-electron chi connectivity index (χ2n) is 4.60. The molecule has 1 aromatic carbocycles. The Balaban J connectivity index is 0.00000220. The molecule has 1 fully saturated rings. The van der Waals surface area contributed by atoms with Gasteiger partial charge < -0.3 is 15.0 Å². The number of ether oxygens (including phenoxy) is 1. The van der Waals surface area contributed by atoms with Crippen LogP contribution in [0.3, 0.4) is 0 Å². The Kier molecular flexibility index (Phi) is 5.86. The third-order valence-electron chi connectivity index (χ3n) is 3.20. The summed E-state index contributed by atoms with van der Waals surface area (Å²) in [6.45, 7) is 1.15. The molecule has 1 aromatic rings. The van der Waals surface area contributed by atoms with Crippen molar-refractivity contribution in [3.05, 3.63) is 29.8 Å². The molecule has 1 heterocycles. The van der Waals surface area contributed by atoms with Gasteiger partial charge in [-0.2, -0.15) is 0 Å². The molecule has 8 heteroatoms. The van der Waals surface area contributed by atoms with Crippen LogP contribution in [0.5, 0.6) is 5.75 Å². The summed E-state index contributed by atoms with van der Waals surface area (Å²) < 4.78 is 40.3. The van der Waals surface area contributed by atoms with E-state index in [1.807, 2.05) is 7.05 Å². The van der Waals surface area contributed by atoms with Crippen LogP contribution in [0.25, 0.3) is 0 Å². The van der Waals surface area contributed by atoms with Gasteiger partial charge in [0.25, 0.3) is 5.91 Å². The number of benzene rings is 1. The summed E-state index contributed by atoms with van der Waals surface area (Å²) in [4.78, 5) is 13.8. The van der Waals surface area contributed by atoms with Crippen LogP contribution in [0.2, 0.25) is 0 Å². The molecule has 0 aromatic heterocycles. The van der Waals surface area contributed by atoms with Gasteiger partial charge in [-0.3, -0.25) is 4.79 Å². The second-order valence-corrected chi connectivity index (χ2v) is 4.60. The highest BCUT2D eigenvalue weighted by Gasteiger charge is 2.31. The van der Waals surface area contributed by atoms with Gasteiger partial charge in [0.2, 0.25) is 0 Å². The van der Waals surface area contributed by atoms with Crippen molar-refractivity contribution < 1.29 is 22.7 Å². The van der Waals surface area contributed by atoms with E-state index in [0.717, 1.165) is 12.5 Å². The topological polar surface area (TPSA) is 41.6 Å². The van der Waals surface area contributed by atoms with Gasteiger partial charge in [0, 0.05) is 24.7 Å². The van der Waals surface area contributed by atoms with E-state index in [0.29, 0.717) is 13.1 Å². The van der Waals surface area contributed by atoms with Gasteiger partial charge in [0.15, 0.2) is 0 Å². The molecule has 1 amide bonds. The summed E-state index contributed by atoms with van der Waals surface area (Å²) >= 11 is 0. The Hall–Kier alpha value is -1.47. The number of nitrogens with zero attached hydrogens (tertiary/aromatic N) is 1. The number of halogens is 4. The van der Waals surface area contributed by atoms with Crippen LogP contribution < -0.4 is 10.1 Å².